The minimum atomic E-state index is -0.0585. The number of para-hydroxylation sites is 3. The topological polar surface area (TPSA) is 16.4 Å². The molecule has 0 atom stereocenters. The Labute approximate surface area is 355 Å². The van der Waals surface area contributed by atoms with E-state index in [2.05, 4.69) is 225 Å². The van der Waals surface area contributed by atoms with Gasteiger partial charge in [0, 0.05) is 38.7 Å². The quantitative estimate of drug-likeness (QED) is 0.156. The highest BCUT2D eigenvalue weighted by atomic mass is 16.3. The molecule has 0 bridgehead atoms. The van der Waals surface area contributed by atoms with Gasteiger partial charge < -0.3 is 9.32 Å². The first kappa shape index (κ1) is 35.3. The average molecular weight is 780 g/mol. The number of fused-ring (bicyclic) bond motifs is 9. The fourth-order valence-electron chi connectivity index (χ4n) is 10.2. The maximum absolute atomic E-state index is 6.63. The van der Waals surface area contributed by atoms with Crippen molar-refractivity contribution in [3.05, 3.63) is 223 Å². The Bertz CT molecular complexity index is 3500. The van der Waals surface area contributed by atoms with Crippen LogP contribution in [0.15, 0.2) is 217 Å². The molecule has 2 heteroatoms. The molecule has 0 fully saturated rings. The molecule has 1 aliphatic rings. The molecular formula is C59H41NO. The zero-order valence-corrected chi connectivity index (χ0v) is 34.1. The summed E-state index contributed by atoms with van der Waals surface area (Å²) in [5.41, 5.74) is 17.4. The minimum Gasteiger partial charge on any atom is -0.455 e. The monoisotopic (exact) mass is 779 g/mol. The van der Waals surface area contributed by atoms with Crippen LogP contribution in [0.3, 0.4) is 0 Å². The molecule has 0 saturated heterocycles. The molecule has 2 nitrogen and oxygen atoms in total. The molecule has 10 aromatic carbocycles. The highest BCUT2D eigenvalue weighted by Crippen LogP contribution is 2.52. The SMILES string of the molecule is CC1(C)c2ccccc2-c2c(-c3ccc(N(c4ccc(-c5cccc6c5ccc5ccccc56)cc4)c4ccccc4-c4cccc5c4oc4ccccc45)cc3)cccc21. The van der Waals surface area contributed by atoms with Gasteiger partial charge in [-0.3, -0.25) is 0 Å². The van der Waals surface area contributed by atoms with Gasteiger partial charge in [0.25, 0.3) is 0 Å². The summed E-state index contributed by atoms with van der Waals surface area (Å²) < 4.78 is 6.63. The first-order valence-corrected chi connectivity index (χ1v) is 21.2. The number of hydrogen-bond acceptors (Lipinski definition) is 2. The van der Waals surface area contributed by atoms with Gasteiger partial charge in [-0.1, -0.05) is 190 Å². The fraction of sp³-hybridized carbons (Fsp3) is 0.0508. The van der Waals surface area contributed by atoms with E-state index in [4.69, 9.17) is 4.42 Å². The van der Waals surface area contributed by atoms with Crippen LogP contribution in [0.1, 0.15) is 25.0 Å². The number of benzene rings is 10. The molecule has 0 N–H and O–H groups in total. The van der Waals surface area contributed by atoms with Gasteiger partial charge in [-0.2, -0.15) is 0 Å². The molecule has 288 valence electrons. The van der Waals surface area contributed by atoms with E-state index in [1.807, 2.05) is 6.07 Å². The van der Waals surface area contributed by atoms with Crippen LogP contribution in [0.2, 0.25) is 0 Å². The first-order valence-electron chi connectivity index (χ1n) is 21.2. The van der Waals surface area contributed by atoms with Crippen LogP contribution in [-0.2, 0) is 5.41 Å². The zero-order valence-electron chi connectivity index (χ0n) is 34.1. The summed E-state index contributed by atoms with van der Waals surface area (Å²) in [6.45, 7) is 4.69. The number of furan rings is 1. The molecule has 1 aromatic heterocycles. The second-order valence-corrected chi connectivity index (χ2v) is 16.8. The molecule has 1 heterocycles. The van der Waals surface area contributed by atoms with Crippen LogP contribution >= 0.6 is 0 Å². The number of anilines is 3. The van der Waals surface area contributed by atoms with E-state index in [1.54, 1.807) is 0 Å². The Balaban J connectivity index is 1.02. The van der Waals surface area contributed by atoms with E-state index in [9.17, 15) is 0 Å². The predicted molar refractivity (Wildman–Crippen MR) is 257 cm³/mol. The van der Waals surface area contributed by atoms with E-state index in [1.165, 1.54) is 66.1 Å². The molecule has 61 heavy (non-hydrogen) atoms. The average Bonchev–Trinajstić information content (AvgIpc) is 3.82. The summed E-state index contributed by atoms with van der Waals surface area (Å²) in [5.74, 6) is 0. The highest BCUT2D eigenvalue weighted by molar-refractivity contribution is 6.13. The van der Waals surface area contributed by atoms with Crippen molar-refractivity contribution in [3.8, 4) is 44.5 Å². The van der Waals surface area contributed by atoms with Crippen molar-refractivity contribution in [2.24, 2.45) is 0 Å². The van der Waals surface area contributed by atoms with Crippen molar-refractivity contribution >= 4 is 60.5 Å². The largest absolute Gasteiger partial charge is 0.455 e. The Morgan fingerprint density at radius 1 is 0.361 bits per heavy atom. The minimum absolute atomic E-state index is 0.0585. The van der Waals surface area contributed by atoms with Gasteiger partial charge in [0.05, 0.1) is 5.69 Å². The van der Waals surface area contributed by atoms with Crippen LogP contribution in [0.5, 0.6) is 0 Å². The van der Waals surface area contributed by atoms with Gasteiger partial charge in [0.15, 0.2) is 0 Å². The lowest BCUT2D eigenvalue weighted by Gasteiger charge is -2.28. The predicted octanol–water partition coefficient (Wildman–Crippen LogP) is 16.7. The van der Waals surface area contributed by atoms with Crippen LogP contribution in [0.4, 0.5) is 17.1 Å². The Hall–Kier alpha value is -7.68. The third-order valence-electron chi connectivity index (χ3n) is 13.1. The number of nitrogens with zero attached hydrogens (tertiary/aromatic N) is 1. The molecule has 12 rings (SSSR count). The van der Waals surface area contributed by atoms with E-state index in [0.717, 1.165) is 50.1 Å². The second kappa shape index (κ2) is 13.7. The maximum atomic E-state index is 6.63. The van der Waals surface area contributed by atoms with Crippen LogP contribution in [-0.4, -0.2) is 0 Å². The van der Waals surface area contributed by atoms with E-state index in [0.29, 0.717) is 0 Å². The Morgan fingerprint density at radius 2 is 0.918 bits per heavy atom. The van der Waals surface area contributed by atoms with E-state index < -0.39 is 0 Å². The van der Waals surface area contributed by atoms with Crippen LogP contribution in [0, 0.1) is 0 Å². The molecule has 0 aliphatic heterocycles. The second-order valence-electron chi connectivity index (χ2n) is 16.8. The van der Waals surface area contributed by atoms with Gasteiger partial charge in [0.1, 0.15) is 11.2 Å². The summed E-state index contributed by atoms with van der Waals surface area (Å²) in [6.07, 6.45) is 0. The van der Waals surface area contributed by atoms with Crippen molar-refractivity contribution in [1.29, 1.82) is 0 Å². The molecule has 0 spiro atoms. The lowest BCUT2D eigenvalue weighted by molar-refractivity contribution is 0.660. The number of rotatable bonds is 6. The normalized spacial score (nSPS) is 12.9. The fourth-order valence-corrected chi connectivity index (χ4v) is 10.2. The van der Waals surface area contributed by atoms with Crippen molar-refractivity contribution in [1.82, 2.24) is 0 Å². The van der Waals surface area contributed by atoms with Crippen molar-refractivity contribution in [3.63, 3.8) is 0 Å². The zero-order chi connectivity index (χ0) is 40.7. The molecule has 11 aromatic rings. The lowest BCUT2D eigenvalue weighted by Crippen LogP contribution is -2.14. The Kier molecular flexibility index (Phi) is 7.92. The lowest BCUT2D eigenvalue weighted by atomic mass is 9.82. The molecule has 0 amide bonds. The summed E-state index contributed by atoms with van der Waals surface area (Å²) in [5, 5.41) is 7.30. The third-order valence-corrected chi connectivity index (χ3v) is 13.1. The van der Waals surface area contributed by atoms with E-state index >= 15 is 0 Å². The van der Waals surface area contributed by atoms with Crippen molar-refractivity contribution < 1.29 is 4.42 Å². The van der Waals surface area contributed by atoms with Gasteiger partial charge in [-0.25, -0.2) is 0 Å². The molecule has 1 aliphatic carbocycles. The standard InChI is InChI=1S/C59H41NO/c1-59(2)53-24-8-5-18-52(53)57-45(20-13-25-54(57)59)40-30-35-42(36-31-40)60(55-26-9-6-16-48(55)50-22-12-23-51-49-17-7-10-27-56(49)61-58(50)51)41-33-28-39(29-34-41)44-19-11-21-46-43-15-4-3-14-38(43)32-37-47(44)46/h3-37H,1-2H3. The summed E-state index contributed by atoms with van der Waals surface area (Å²) in [7, 11) is 0. The molecule has 0 unspecified atom stereocenters. The Morgan fingerprint density at radius 3 is 1.72 bits per heavy atom. The van der Waals surface area contributed by atoms with Gasteiger partial charge >= 0.3 is 0 Å². The smallest absolute Gasteiger partial charge is 0.143 e. The van der Waals surface area contributed by atoms with E-state index in [-0.39, 0.29) is 5.41 Å². The maximum Gasteiger partial charge on any atom is 0.143 e. The highest BCUT2D eigenvalue weighted by Gasteiger charge is 2.36. The molecular weight excluding hydrogens is 739 g/mol. The summed E-state index contributed by atoms with van der Waals surface area (Å²) in [6, 6.07) is 77.3. The molecule has 0 radical (unpaired) electrons. The van der Waals surface area contributed by atoms with Gasteiger partial charge in [0.2, 0.25) is 0 Å². The van der Waals surface area contributed by atoms with Gasteiger partial charge in [-0.05, 0) is 102 Å². The first-order chi connectivity index (χ1) is 30.0. The third kappa shape index (κ3) is 5.49. The summed E-state index contributed by atoms with van der Waals surface area (Å²) in [4.78, 5) is 2.40. The van der Waals surface area contributed by atoms with Crippen LogP contribution < -0.4 is 4.90 Å². The van der Waals surface area contributed by atoms with Gasteiger partial charge in [-0.15, -0.1) is 0 Å². The van der Waals surface area contributed by atoms with Crippen molar-refractivity contribution in [2.45, 2.75) is 19.3 Å². The summed E-state index contributed by atoms with van der Waals surface area (Å²) >= 11 is 0. The molecule has 0 saturated carbocycles. The van der Waals surface area contributed by atoms with Crippen molar-refractivity contribution in [2.75, 3.05) is 4.90 Å². The van der Waals surface area contributed by atoms with Crippen LogP contribution in [0.25, 0.3) is 88.0 Å². The number of hydrogen-bond donors (Lipinski definition) is 0.